The average molecular weight is 394 g/mol. The van der Waals surface area contributed by atoms with Crippen LogP contribution in [0.5, 0.6) is 0 Å². The molecule has 8 heteroatoms. The first-order valence-corrected chi connectivity index (χ1v) is 9.50. The van der Waals surface area contributed by atoms with Crippen LogP contribution in [0.3, 0.4) is 0 Å². The van der Waals surface area contributed by atoms with Crippen LogP contribution in [0.2, 0.25) is 0 Å². The van der Waals surface area contributed by atoms with E-state index in [0.29, 0.717) is 43.7 Å². The van der Waals surface area contributed by atoms with E-state index in [1.807, 2.05) is 9.80 Å². The molecule has 3 rings (SSSR count). The molecule has 1 fully saturated rings. The highest BCUT2D eigenvalue weighted by Gasteiger charge is 2.31. The van der Waals surface area contributed by atoms with Gasteiger partial charge in [-0.25, -0.2) is 4.98 Å². The van der Waals surface area contributed by atoms with Gasteiger partial charge in [0.15, 0.2) is 0 Å². The van der Waals surface area contributed by atoms with Crippen LogP contribution in [0.25, 0.3) is 0 Å². The van der Waals surface area contributed by atoms with Crippen molar-refractivity contribution in [1.29, 1.82) is 0 Å². The van der Waals surface area contributed by atoms with E-state index in [9.17, 15) is 18.0 Å². The van der Waals surface area contributed by atoms with E-state index in [1.54, 1.807) is 6.07 Å². The molecule has 1 saturated heterocycles. The van der Waals surface area contributed by atoms with Crippen LogP contribution in [-0.4, -0.2) is 36.1 Å². The minimum Gasteiger partial charge on any atom is -0.368 e. The fourth-order valence-corrected chi connectivity index (χ4v) is 3.26. The lowest BCUT2D eigenvalue weighted by atomic mass is 10.1. The van der Waals surface area contributed by atoms with Crippen molar-refractivity contribution in [1.82, 2.24) is 9.97 Å². The molecule has 5 nitrogen and oxygen atoms in total. The van der Waals surface area contributed by atoms with Gasteiger partial charge in [-0.15, -0.1) is 0 Å². The predicted molar refractivity (Wildman–Crippen MR) is 104 cm³/mol. The number of aromatic amines is 1. The van der Waals surface area contributed by atoms with Gasteiger partial charge in [-0.05, 0) is 37.0 Å². The number of alkyl halides is 3. The van der Waals surface area contributed by atoms with Crippen molar-refractivity contribution < 1.29 is 13.2 Å². The fourth-order valence-electron chi connectivity index (χ4n) is 3.26. The Morgan fingerprint density at radius 1 is 1.11 bits per heavy atom. The molecule has 0 atom stereocenters. The van der Waals surface area contributed by atoms with Gasteiger partial charge in [0.25, 0.3) is 5.56 Å². The summed E-state index contributed by atoms with van der Waals surface area (Å²) in [6.07, 6.45) is -2.64. The minimum absolute atomic E-state index is 0.177. The number of benzene rings is 1. The van der Waals surface area contributed by atoms with Gasteiger partial charge in [0.05, 0.1) is 5.56 Å². The lowest BCUT2D eigenvalue weighted by Gasteiger charge is -2.36. The number of nitrogens with one attached hydrogen (secondary N) is 1. The van der Waals surface area contributed by atoms with Crippen molar-refractivity contribution in [2.75, 3.05) is 36.0 Å². The molecule has 0 radical (unpaired) electrons. The van der Waals surface area contributed by atoms with Crippen molar-refractivity contribution in [3.8, 4) is 0 Å². The first-order chi connectivity index (χ1) is 13.2. The maximum atomic E-state index is 12.9. The predicted octanol–water partition coefficient (Wildman–Crippen LogP) is 3.70. The smallest absolute Gasteiger partial charge is 0.368 e. The van der Waals surface area contributed by atoms with Gasteiger partial charge in [-0.3, -0.25) is 9.78 Å². The second-order valence-electron chi connectivity index (χ2n) is 7.52. The molecule has 1 aromatic heterocycles. The molecule has 1 aliphatic heterocycles. The number of H-pyrrole nitrogens is 1. The second-order valence-corrected chi connectivity index (χ2v) is 7.52. The van der Waals surface area contributed by atoms with Gasteiger partial charge in [0.1, 0.15) is 0 Å². The molecular weight excluding hydrogens is 369 g/mol. The van der Waals surface area contributed by atoms with Crippen molar-refractivity contribution in [2.45, 2.75) is 32.9 Å². The van der Waals surface area contributed by atoms with Crippen molar-refractivity contribution in [3.63, 3.8) is 0 Å². The normalized spacial score (nSPS) is 15.4. The summed E-state index contributed by atoms with van der Waals surface area (Å²) in [7, 11) is 0. The topological polar surface area (TPSA) is 52.2 Å². The third-order valence-electron chi connectivity index (χ3n) is 4.88. The summed E-state index contributed by atoms with van der Waals surface area (Å²) in [5.74, 6) is 1.07. The SMILES string of the molecule is CC(C)CCc1cc(=O)[nH]c(N2CCN(c3cccc(C(F)(F)F)c3)CC2)n1. The Morgan fingerprint density at radius 3 is 2.43 bits per heavy atom. The van der Waals surface area contributed by atoms with Gasteiger partial charge < -0.3 is 9.80 Å². The largest absolute Gasteiger partial charge is 0.416 e. The quantitative estimate of drug-likeness (QED) is 0.840. The molecule has 0 aliphatic carbocycles. The zero-order chi connectivity index (χ0) is 20.3. The summed E-state index contributed by atoms with van der Waals surface area (Å²) in [4.78, 5) is 23.2. The molecule has 2 aromatic rings. The number of rotatable bonds is 5. The summed E-state index contributed by atoms with van der Waals surface area (Å²) in [6, 6.07) is 6.92. The van der Waals surface area contributed by atoms with Gasteiger partial charge >= 0.3 is 6.18 Å². The number of hydrogen-bond donors (Lipinski definition) is 1. The Morgan fingerprint density at radius 2 is 1.79 bits per heavy atom. The summed E-state index contributed by atoms with van der Waals surface area (Å²) in [5.41, 5.74) is 0.509. The highest BCUT2D eigenvalue weighted by atomic mass is 19.4. The Bertz CT molecular complexity index is 855. The molecule has 0 bridgehead atoms. The third kappa shape index (κ3) is 5.05. The van der Waals surface area contributed by atoms with E-state index in [0.717, 1.165) is 24.6 Å². The van der Waals surface area contributed by atoms with Crippen molar-refractivity contribution >= 4 is 11.6 Å². The van der Waals surface area contributed by atoms with Crippen LogP contribution in [0.15, 0.2) is 35.1 Å². The van der Waals surface area contributed by atoms with Crippen LogP contribution in [0.4, 0.5) is 24.8 Å². The number of hydrogen-bond acceptors (Lipinski definition) is 4. The summed E-state index contributed by atoms with van der Waals surface area (Å²) in [5, 5.41) is 0. The van der Waals surface area contributed by atoms with Crippen LogP contribution in [-0.2, 0) is 12.6 Å². The fraction of sp³-hybridized carbons (Fsp3) is 0.500. The van der Waals surface area contributed by atoms with Gasteiger partial charge in [0, 0.05) is 43.6 Å². The molecule has 2 heterocycles. The molecular formula is C20H25F3N4O. The second kappa shape index (κ2) is 8.24. The summed E-state index contributed by atoms with van der Waals surface area (Å²) >= 11 is 0. The average Bonchev–Trinajstić information content (AvgIpc) is 2.65. The third-order valence-corrected chi connectivity index (χ3v) is 4.88. The van der Waals surface area contributed by atoms with E-state index in [4.69, 9.17) is 0 Å². The highest BCUT2D eigenvalue weighted by molar-refractivity contribution is 5.51. The molecule has 1 aromatic carbocycles. The monoisotopic (exact) mass is 394 g/mol. The number of piperazine rings is 1. The van der Waals surface area contributed by atoms with E-state index in [2.05, 4.69) is 23.8 Å². The number of anilines is 2. The molecule has 0 saturated carbocycles. The lowest BCUT2D eigenvalue weighted by Crippen LogP contribution is -2.47. The molecule has 0 amide bonds. The van der Waals surface area contributed by atoms with Crippen LogP contribution in [0, 0.1) is 5.92 Å². The number of aromatic nitrogens is 2. The zero-order valence-corrected chi connectivity index (χ0v) is 16.1. The van der Waals surface area contributed by atoms with E-state index >= 15 is 0 Å². The summed E-state index contributed by atoms with van der Waals surface area (Å²) in [6.45, 7) is 6.52. The minimum atomic E-state index is -4.35. The molecule has 1 aliphatic rings. The Hall–Kier alpha value is -2.51. The van der Waals surface area contributed by atoms with Crippen LogP contribution >= 0.6 is 0 Å². The van der Waals surface area contributed by atoms with Crippen LogP contribution in [0.1, 0.15) is 31.5 Å². The molecule has 1 N–H and O–H groups in total. The van der Waals surface area contributed by atoms with Crippen LogP contribution < -0.4 is 15.4 Å². The maximum absolute atomic E-state index is 12.9. The standard InChI is InChI=1S/C20H25F3N4O/c1-14(2)6-7-16-13-18(28)25-19(24-16)27-10-8-26(9-11-27)17-5-3-4-15(12-17)20(21,22)23/h3-5,12-14H,6-11H2,1-2H3,(H,24,25,28). The Kier molecular flexibility index (Phi) is 5.96. The first kappa shape index (κ1) is 20.2. The molecule has 0 unspecified atom stereocenters. The van der Waals surface area contributed by atoms with Gasteiger partial charge in [0.2, 0.25) is 5.95 Å². The maximum Gasteiger partial charge on any atom is 0.416 e. The lowest BCUT2D eigenvalue weighted by molar-refractivity contribution is -0.137. The number of halogens is 3. The number of aryl methyl sites for hydroxylation is 1. The van der Waals surface area contributed by atoms with Crippen molar-refractivity contribution in [3.05, 3.63) is 51.9 Å². The Labute approximate surface area is 162 Å². The van der Waals surface area contributed by atoms with E-state index in [1.165, 1.54) is 18.2 Å². The summed E-state index contributed by atoms with van der Waals surface area (Å²) < 4.78 is 38.8. The van der Waals surface area contributed by atoms with E-state index < -0.39 is 11.7 Å². The van der Waals surface area contributed by atoms with Gasteiger partial charge in [-0.2, -0.15) is 13.2 Å². The van der Waals surface area contributed by atoms with Gasteiger partial charge in [-0.1, -0.05) is 19.9 Å². The zero-order valence-electron chi connectivity index (χ0n) is 16.1. The van der Waals surface area contributed by atoms with E-state index in [-0.39, 0.29) is 5.56 Å². The van der Waals surface area contributed by atoms with Crippen molar-refractivity contribution in [2.24, 2.45) is 5.92 Å². The molecule has 28 heavy (non-hydrogen) atoms. The molecule has 0 spiro atoms. The Balaban J connectivity index is 1.68. The number of nitrogens with zero attached hydrogens (tertiary/aromatic N) is 3. The molecule has 152 valence electrons. The highest BCUT2D eigenvalue weighted by Crippen LogP contribution is 2.32. The first-order valence-electron chi connectivity index (χ1n) is 9.50.